The molecule has 3 N–H and O–H groups in total. The Balaban J connectivity index is 2.92. The first-order chi connectivity index (χ1) is 7.34. The summed E-state index contributed by atoms with van der Waals surface area (Å²) < 4.78 is 25.5. The maximum Gasteiger partial charge on any atom is 0.322 e. The molecule has 0 spiro atoms. The number of hydrogen-bond donors (Lipinski definition) is 3. The number of rotatable bonds is 5. The van der Waals surface area contributed by atoms with Crippen molar-refractivity contribution in [1.29, 1.82) is 0 Å². The normalized spacial score (nSPS) is 13.9. The van der Waals surface area contributed by atoms with Gasteiger partial charge in [-0.05, 0) is 5.92 Å². The van der Waals surface area contributed by atoms with Gasteiger partial charge in [0.25, 0.3) is 0 Å². The summed E-state index contributed by atoms with van der Waals surface area (Å²) in [5.41, 5.74) is 0. The van der Waals surface area contributed by atoms with Crippen molar-refractivity contribution in [1.82, 2.24) is 14.9 Å². The van der Waals surface area contributed by atoms with E-state index < -0.39 is 22.0 Å². The Morgan fingerprint density at radius 1 is 1.56 bits per heavy atom. The molecule has 1 aromatic rings. The van der Waals surface area contributed by atoms with Gasteiger partial charge in [0.05, 0.1) is 6.20 Å². The smallest absolute Gasteiger partial charge is 0.322 e. The fourth-order valence-corrected chi connectivity index (χ4v) is 2.34. The summed E-state index contributed by atoms with van der Waals surface area (Å²) in [7, 11) is -3.83. The summed E-state index contributed by atoms with van der Waals surface area (Å²) in [6.45, 7) is 3.24. The van der Waals surface area contributed by atoms with E-state index in [1.807, 2.05) is 0 Å². The fourth-order valence-electron chi connectivity index (χ4n) is 1.09. The number of aliphatic carboxylic acids is 1. The largest absolute Gasteiger partial charge is 0.480 e. The average Bonchev–Trinajstić information content (AvgIpc) is 2.66. The summed E-state index contributed by atoms with van der Waals surface area (Å²) >= 11 is 0. The molecule has 0 radical (unpaired) electrons. The molecule has 0 saturated carbocycles. The van der Waals surface area contributed by atoms with Crippen molar-refractivity contribution >= 4 is 16.0 Å². The highest BCUT2D eigenvalue weighted by Gasteiger charge is 2.28. The van der Waals surface area contributed by atoms with Gasteiger partial charge in [-0.1, -0.05) is 13.8 Å². The highest BCUT2D eigenvalue weighted by Crippen LogP contribution is 2.09. The lowest BCUT2D eigenvalue weighted by Crippen LogP contribution is -2.44. The van der Waals surface area contributed by atoms with E-state index in [2.05, 4.69) is 14.9 Å². The van der Waals surface area contributed by atoms with E-state index in [0.29, 0.717) is 0 Å². The standard InChI is InChI=1S/C8H13N3O4S/c1-5(2)7(8(12)13)11-16(14,15)6-3-9-10-4-6/h3-5,7,11H,1-2H3,(H,9,10)(H,12,13)/t7-/m0/s1. The molecule has 90 valence electrons. The quantitative estimate of drug-likeness (QED) is 0.667. The van der Waals surface area contributed by atoms with E-state index in [-0.39, 0.29) is 10.8 Å². The second-order valence-electron chi connectivity index (χ2n) is 3.62. The van der Waals surface area contributed by atoms with Gasteiger partial charge in [-0.2, -0.15) is 9.82 Å². The predicted octanol–water partition coefficient (Wildman–Crippen LogP) is -0.203. The fraction of sp³-hybridized carbons (Fsp3) is 0.500. The Bertz CT molecular complexity index is 452. The number of H-pyrrole nitrogens is 1. The maximum absolute atomic E-state index is 11.7. The summed E-state index contributed by atoms with van der Waals surface area (Å²) in [6, 6.07) is -1.15. The molecule has 1 rings (SSSR count). The molecule has 16 heavy (non-hydrogen) atoms. The van der Waals surface area contributed by atoms with Gasteiger partial charge in [0.15, 0.2) is 0 Å². The van der Waals surface area contributed by atoms with Crippen LogP contribution in [-0.4, -0.2) is 35.7 Å². The topological polar surface area (TPSA) is 112 Å². The molecule has 7 nitrogen and oxygen atoms in total. The molecule has 0 aromatic carbocycles. The lowest BCUT2D eigenvalue weighted by molar-refractivity contribution is -0.140. The number of carbonyl (C=O) groups is 1. The average molecular weight is 247 g/mol. The van der Waals surface area contributed by atoms with Gasteiger partial charge in [0.2, 0.25) is 10.0 Å². The molecule has 0 aliphatic heterocycles. The molecule has 8 heteroatoms. The molecule has 1 aromatic heterocycles. The monoisotopic (exact) mass is 247 g/mol. The van der Waals surface area contributed by atoms with Crippen LogP contribution >= 0.6 is 0 Å². The third kappa shape index (κ3) is 2.80. The molecule has 1 heterocycles. The molecule has 0 amide bonds. The third-order valence-electron chi connectivity index (χ3n) is 2.00. The highest BCUT2D eigenvalue weighted by molar-refractivity contribution is 7.89. The number of hydrogen-bond acceptors (Lipinski definition) is 4. The molecule has 0 fully saturated rings. The molecule has 0 aliphatic carbocycles. The Labute approximate surface area is 92.9 Å². The van der Waals surface area contributed by atoms with Crippen LogP contribution in [0.25, 0.3) is 0 Å². The van der Waals surface area contributed by atoms with Gasteiger partial charge in [-0.3, -0.25) is 9.89 Å². The molecule has 0 unspecified atom stereocenters. The van der Waals surface area contributed by atoms with E-state index in [1.165, 1.54) is 6.20 Å². The van der Waals surface area contributed by atoms with Crippen LogP contribution in [0.1, 0.15) is 13.8 Å². The first kappa shape index (κ1) is 12.7. The molecular formula is C8H13N3O4S. The first-order valence-corrected chi connectivity index (χ1v) is 6.07. The molecule has 0 saturated heterocycles. The maximum atomic E-state index is 11.7. The molecule has 0 aliphatic rings. The van der Waals surface area contributed by atoms with Gasteiger partial charge in [-0.25, -0.2) is 8.42 Å². The van der Waals surface area contributed by atoms with Gasteiger partial charge in [-0.15, -0.1) is 0 Å². The Morgan fingerprint density at radius 3 is 2.56 bits per heavy atom. The van der Waals surface area contributed by atoms with Crippen molar-refractivity contribution in [3.05, 3.63) is 12.4 Å². The van der Waals surface area contributed by atoms with Crippen molar-refractivity contribution in [2.45, 2.75) is 24.8 Å². The van der Waals surface area contributed by atoms with Crippen LogP contribution in [0.2, 0.25) is 0 Å². The first-order valence-electron chi connectivity index (χ1n) is 4.58. The number of aromatic amines is 1. The van der Waals surface area contributed by atoms with Crippen molar-refractivity contribution in [3.63, 3.8) is 0 Å². The van der Waals surface area contributed by atoms with Crippen LogP contribution in [0.15, 0.2) is 17.3 Å². The lowest BCUT2D eigenvalue weighted by atomic mass is 10.1. The number of nitrogens with one attached hydrogen (secondary N) is 2. The minimum absolute atomic E-state index is 0.0839. The van der Waals surface area contributed by atoms with Crippen LogP contribution in [0.3, 0.4) is 0 Å². The zero-order valence-electron chi connectivity index (χ0n) is 8.84. The van der Waals surface area contributed by atoms with E-state index in [0.717, 1.165) is 6.20 Å². The predicted molar refractivity (Wildman–Crippen MR) is 55.2 cm³/mol. The second-order valence-corrected chi connectivity index (χ2v) is 5.33. The van der Waals surface area contributed by atoms with Crippen molar-refractivity contribution in [2.24, 2.45) is 5.92 Å². The zero-order chi connectivity index (χ0) is 12.3. The second kappa shape index (κ2) is 4.62. The number of aromatic nitrogens is 2. The number of nitrogens with zero attached hydrogens (tertiary/aromatic N) is 1. The SMILES string of the molecule is CC(C)[C@H](NS(=O)(=O)c1cn[nH]c1)C(=O)O. The summed E-state index contributed by atoms with van der Waals surface area (Å²) in [5.74, 6) is -1.55. The number of carboxylic acids is 1. The number of carboxylic acid groups (broad SMARTS) is 1. The van der Waals surface area contributed by atoms with Gasteiger partial charge in [0, 0.05) is 6.20 Å². The van der Waals surface area contributed by atoms with E-state index in [1.54, 1.807) is 13.8 Å². The molecule has 1 atom stereocenters. The van der Waals surface area contributed by atoms with E-state index in [4.69, 9.17) is 5.11 Å². The van der Waals surface area contributed by atoms with Crippen LogP contribution < -0.4 is 4.72 Å². The Morgan fingerprint density at radius 2 is 2.19 bits per heavy atom. The Kier molecular flexibility index (Phi) is 3.66. The Hall–Kier alpha value is -1.41. The zero-order valence-corrected chi connectivity index (χ0v) is 9.65. The summed E-state index contributed by atoms with van der Waals surface area (Å²) in [5, 5.41) is 14.7. The van der Waals surface area contributed by atoms with Crippen LogP contribution in [0.4, 0.5) is 0 Å². The molecular weight excluding hydrogens is 234 g/mol. The van der Waals surface area contributed by atoms with E-state index in [9.17, 15) is 13.2 Å². The summed E-state index contributed by atoms with van der Waals surface area (Å²) in [4.78, 5) is 10.8. The van der Waals surface area contributed by atoms with Crippen LogP contribution in [0, 0.1) is 5.92 Å². The van der Waals surface area contributed by atoms with Crippen molar-refractivity contribution in [2.75, 3.05) is 0 Å². The minimum atomic E-state index is -3.83. The van der Waals surface area contributed by atoms with Crippen LogP contribution in [0.5, 0.6) is 0 Å². The minimum Gasteiger partial charge on any atom is -0.480 e. The highest BCUT2D eigenvalue weighted by atomic mass is 32.2. The van der Waals surface area contributed by atoms with Crippen molar-refractivity contribution in [3.8, 4) is 0 Å². The summed E-state index contributed by atoms with van der Waals surface area (Å²) in [6.07, 6.45) is 2.29. The number of sulfonamides is 1. The van der Waals surface area contributed by atoms with Crippen LogP contribution in [-0.2, 0) is 14.8 Å². The lowest BCUT2D eigenvalue weighted by Gasteiger charge is -2.17. The van der Waals surface area contributed by atoms with Gasteiger partial charge in [0.1, 0.15) is 10.9 Å². The van der Waals surface area contributed by atoms with Gasteiger partial charge < -0.3 is 5.11 Å². The van der Waals surface area contributed by atoms with Crippen molar-refractivity contribution < 1.29 is 18.3 Å². The van der Waals surface area contributed by atoms with E-state index >= 15 is 0 Å². The third-order valence-corrected chi connectivity index (χ3v) is 3.41. The van der Waals surface area contributed by atoms with Gasteiger partial charge >= 0.3 is 5.97 Å². The molecule has 0 bridgehead atoms.